The van der Waals surface area contributed by atoms with Crippen LogP contribution in [-0.4, -0.2) is 36.5 Å². The predicted molar refractivity (Wildman–Crippen MR) is 58.1 cm³/mol. The topological polar surface area (TPSA) is 32.3 Å². The lowest BCUT2D eigenvalue weighted by Gasteiger charge is -2.23. The highest BCUT2D eigenvalue weighted by Gasteiger charge is 2.23. The monoisotopic (exact) mass is 198 g/mol. The second kappa shape index (κ2) is 5.35. The van der Waals surface area contributed by atoms with Gasteiger partial charge in [0.2, 0.25) is 5.91 Å². The van der Waals surface area contributed by atoms with Crippen molar-refractivity contribution < 1.29 is 4.79 Å². The fraction of sp³-hybridized carbons (Fsp3) is 0.909. The van der Waals surface area contributed by atoms with Crippen molar-refractivity contribution in [2.45, 2.75) is 39.7 Å². The molecule has 1 saturated heterocycles. The largest absolute Gasteiger partial charge is 0.354 e. The summed E-state index contributed by atoms with van der Waals surface area (Å²) in [6, 6.07) is 0.572. The summed E-state index contributed by atoms with van der Waals surface area (Å²) in [6.07, 6.45) is 2.50. The molecule has 82 valence electrons. The molecule has 0 aromatic heterocycles. The van der Waals surface area contributed by atoms with Crippen LogP contribution in [0.3, 0.4) is 0 Å². The number of nitrogens with zero attached hydrogens (tertiary/aromatic N) is 1. The number of likely N-dealkylation sites (tertiary alicyclic amines) is 1. The summed E-state index contributed by atoms with van der Waals surface area (Å²) in [5.74, 6) is 0.277. The first kappa shape index (κ1) is 11.5. The van der Waals surface area contributed by atoms with Gasteiger partial charge in [-0.15, -0.1) is 0 Å². The Kier molecular flexibility index (Phi) is 4.39. The van der Waals surface area contributed by atoms with Crippen LogP contribution in [0.1, 0.15) is 33.6 Å². The van der Waals surface area contributed by atoms with E-state index in [0.717, 1.165) is 13.1 Å². The second-order valence-electron chi connectivity index (χ2n) is 4.32. The van der Waals surface area contributed by atoms with Gasteiger partial charge < -0.3 is 5.32 Å². The minimum Gasteiger partial charge on any atom is -0.354 e. The number of carbonyl (C=O) groups excluding carboxylic acids is 1. The molecule has 3 heteroatoms. The number of carbonyl (C=O) groups is 1. The summed E-state index contributed by atoms with van der Waals surface area (Å²) in [7, 11) is 0. The van der Waals surface area contributed by atoms with Crippen LogP contribution in [-0.2, 0) is 4.79 Å². The molecule has 1 rings (SSSR count). The highest BCUT2D eigenvalue weighted by Crippen LogP contribution is 2.15. The first-order chi connectivity index (χ1) is 6.65. The molecule has 1 heterocycles. The number of amides is 1. The van der Waals surface area contributed by atoms with E-state index < -0.39 is 0 Å². The van der Waals surface area contributed by atoms with Crippen molar-refractivity contribution >= 4 is 5.91 Å². The van der Waals surface area contributed by atoms with E-state index in [4.69, 9.17) is 0 Å². The van der Waals surface area contributed by atoms with Crippen molar-refractivity contribution in [3.05, 3.63) is 0 Å². The van der Waals surface area contributed by atoms with Crippen LogP contribution in [0.4, 0.5) is 0 Å². The van der Waals surface area contributed by atoms with E-state index in [9.17, 15) is 4.79 Å². The van der Waals surface area contributed by atoms with Gasteiger partial charge in [0.1, 0.15) is 0 Å². The van der Waals surface area contributed by atoms with Gasteiger partial charge in [0.05, 0.1) is 0 Å². The summed E-state index contributed by atoms with van der Waals surface area (Å²) in [6.45, 7) is 9.16. The highest BCUT2D eigenvalue weighted by molar-refractivity contribution is 5.77. The Labute approximate surface area is 86.9 Å². The standard InChI is InChI=1S/C11H22N2O/c1-4-13-7-5-6-10(13)8-12-11(14)9(2)3/h9-10H,4-8H2,1-3H3,(H,12,14). The molecular weight excluding hydrogens is 176 g/mol. The fourth-order valence-electron chi connectivity index (χ4n) is 1.97. The van der Waals surface area contributed by atoms with Gasteiger partial charge in [0, 0.05) is 18.5 Å². The molecule has 1 atom stereocenters. The Balaban J connectivity index is 2.27. The second-order valence-corrected chi connectivity index (χ2v) is 4.32. The van der Waals surface area contributed by atoms with E-state index in [1.807, 2.05) is 13.8 Å². The van der Waals surface area contributed by atoms with E-state index in [1.165, 1.54) is 19.4 Å². The van der Waals surface area contributed by atoms with Crippen LogP contribution in [0.15, 0.2) is 0 Å². The molecule has 0 saturated carbocycles. The zero-order chi connectivity index (χ0) is 10.6. The SMILES string of the molecule is CCN1CCCC1CNC(=O)C(C)C. The van der Waals surface area contributed by atoms with Gasteiger partial charge in [0.15, 0.2) is 0 Å². The van der Waals surface area contributed by atoms with E-state index in [1.54, 1.807) is 0 Å². The lowest BCUT2D eigenvalue weighted by atomic mass is 10.2. The Hall–Kier alpha value is -0.570. The zero-order valence-electron chi connectivity index (χ0n) is 9.55. The molecule has 0 aliphatic carbocycles. The predicted octanol–water partition coefficient (Wildman–Crippen LogP) is 1.24. The van der Waals surface area contributed by atoms with Gasteiger partial charge in [-0.1, -0.05) is 20.8 Å². The van der Waals surface area contributed by atoms with Crippen LogP contribution >= 0.6 is 0 Å². The number of rotatable bonds is 4. The van der Waals surface area contributed by atoms with Crippen molar-refractivity contribution in [2.24, 2.45) is 5.92 Å². The molecule has 14 heavy (non-hydrogen) atoms. The van der Waals surface area contributed by atoms with Crippen LogP contribution in [0.2, 0.25) is 0 Å². The molecule has 0 radical (unpaired) electrons. The molecule has 1 aliphatic heterocycles. The van der Waals surface area contributed by atoms with Gasteiger partial charge in [-0.3, -0.25) is 9.69 Å². The number of nitrogens with one attached hydrogen (secondary N) is 1. The Morgan fingerprint density at radius 1 is 1.57 bits per heavy atom. The fourth-order valence-corrected chi connectivity index (χ4v) is 1.97. The first-order valence-electron chi connectivity index (χ1n) is 5.67. The van der Waals surface area contributed by atoms with Crippen LogP contribution in [0.25, 0.3) is 0 Å². The van der Waals surface area contributed by atoms with Crippen LogP contribution < -0.4 is 5.32 Å². The number of hydrogen-bond acceptors (Lipinski definition) is 2. The van der Waals surface area contributed by atoms with E-state index >= 15 is 0 Å². The lowest BCUT2D eigenvalue weighted by molar-refractivity contribution is -0.124. The molecule has 0 aromatic carbocycles. The number of hydrogen-bond donors (Lipinski definition) is 1. The highest BCUT2D eigenvalue weighted by atomic mass is 16.1. The summed E-state index contributed by atoms with van der Waals surface area (Å²) < 4.78 is 0. The van der Waals surface area contributed by atoms with Gasteiger partial charge in [-0.2, -0.15) is 0 Å². The third-order valence-corrected chi connectivity index (χ3v) is 2.94. The van der Waals surface area contributed by atoms with Crippen molar-refractivity contribution in [3.8, 4) is 0 Å². The van der Waals surface area contributed by atoms with E-state index in [2.05, 4.69) is 17.1 Å². The minimum atomic E-state index is 0.103. The summed E-state index contributed by atoms with van der Waals surface area (Å²) in [5, 5.41) is 3.01. The normalized spacial score (nSPS) is 23.0. The van der Waals surface area contributed by atoms with Crippen molar-refractivity contribution in [3.63, 3.8) is 0 Å². The van der Waals surface area contributed by atoms with Crippen LogP contribution in [0.5, 0.6) is 0 Å². The zero-order valence-corrected chi connectivity index (χ0v) is 9.55. The van der Waals surface area contributed by atoms with Gasteiger partial charge >= 0.3 is 0 Å². The molecule has 1 aliphatic rings. The Bertz CT molecular complexity index is 192. The van der Waals surface area contributed by atoms with Crippen molar-refractivity contribution in [1.29, 1.82) is 0 Å². The van der Waals surface area contributed by atoms with Crippen LogP contribution in [0, 0.1) is 5.92 Å². The molecule has 1 amide bonds. The molecule has 0 aromatic rings. The molecule has 3 nitrogen and oxygen atoms in total. The molecule has 0 bridgehead atoms. The van der Waals surface area contributed by atoms with Gasteiger partial charge in [0.25, 0.3) is 0 Å². The molecular formula is C11H22N2O. The average Bonchev–Trinajstić information content (AvgIpc) is 2.60. The quantitative estimate of drug-likeness (QED) is 0.737. The molecule has 1 unspecified atom stereocenters. The van der Waals surface area contributed by atoms with Crippen molar-refractivity contribution in [1.82, 2.24) is 10.2 Å². The smallest absolute Gasteiger partial charge is 0.222 e. The third kappa shape index (κ3) is 2.98. The summed E-state index contributed by atoms with van der Waals surface area (Å²) in [5.41, 5.74) is 0. The maximum Gasteiger partial charge on any atom is 0.222 e. The Morgan fingerprint density at radius 2 is 2.29 bits per heavy atom. The Morgan fingerprint density at radius 3 is 2.86 bits per heavy atom. The van der Waals surface area contributed by atoms with E-state index in [-0.39, 0.29) is 11.8 Å². The molecule has 1 fully saturated rings. The summed E-state index contributed by atoms with van der Waals surface area (Å²) >= 11 is 0. The van der Waals surface area contributed by atoms with E-state index in [0.29, 0.717) is 6.04 Å². The average molecular weight is 198 g/mol. The lowest BCUT2D eigenvalue weighted by Crippen LogP contribution is -2.41. The maximum absolute atomic E-state index is 11.4. The number of likely N-dealkylation sites (N-methyl/N-ethyl adjacent to an activating group) is 1. The van der Waals surface area contributed by atoms with Gasteiger partial charge in [-0.25, -0.2) is 0 Å². The first-order valence-corrected chi connectivity index (χ1v) is 5.67. The molecule has 1 N–H and O–H groups in total. The molecule has 0 spiro atoms. The minimum absolute atomic E-state index is 0.103. The third-order valence-electron chi connectivity index (χ3n) is 2.94. The maximum atomic E-state index is 11.4. The van der Waals surface area contributed by atoms with Gasteiger partial charge in [-0.05, 0) is 25.9 Å². The summed E-state index contributed by atoms with van der Waals surface area (Å²) in [4.78, 5) is 13.8. The van der Waals surface area contributed by atoms with Crippen molar-refractivity contribution in [2.75, 3.05) is 19.6 Å².